The fourth-order valence-corrected chi connectivity index (χ4v) is 2.29. The van der Waals surface area contributed by atoms with Crippen LogP contribution in [0.15, 0.2) is 25.3 Å². The molecule has 1 rings (SSSR count). The second kappa shape index (κ2) is 6.34. The molecule has 1 N–H and O–H groups in total. The van der Waals surface area contributed by atoms with Gasteiger partial charge in [0.15, 0.2) is 5.79 Å². The van der Waals surface area contributed by atoms with Gasteiger partial charge in [0.05, 0.1) is 18.3 Å². The van der Waals surface area contributed by atoms with Crippen LogP contribution in [0.25, 0.3) is 0 Å². The first-order valence-electron chi connectivity index (χ1n) is 6.22. The van der Waals surface area contributed by atoms with Crippen LogP contribution in [0.5, 0.6) is 0 Å². The van der Waals surface area contributed by atoms with E-state index in [0.29, 0.717) is 12.8 Å². The Morgan fingerprint density at radius 1 is 1.29 bits per heavy atom. The maximum Gasteiger partial charge on any atom is 0.163 e. The Hall–Kier alpha value is -0.640. The molecule has 0 radical (unpaired) electrons. The molecule has 1 aliphatic rings. The van der Waals surface area contributed by atoms with Gasteiger partial charge in [-0.2, -0.15) is 0 Å². The molecule has 0 amide bonds. The molecule has 0 aromatic heterocycles. The highest BCUT2D eigenvalue weighted by molar-refractivity contribution is 4.84. The van der Waals surface area contributed by atoms with Crippen LogP contribution >= 0.6 is 0 Å². The van der Waals surface area contributed by atoms with Crippen molar-refractivity contribution in [1.82, 2.24) is 0 Å². The summed E-state index contributed by atoms with van der Waals surface area (Å²) in [6.45, 7) is 11.2. The summed E-state index contributed by atoms with van der Waals surface area (Å²) < 4.78 is 11.6. The average molecular weight is 240 g/mol. The van der Waals surface area contributed by atoms with Gasteiger partial charge >= 0.3 is 0 Å². The van der Waals surface area contributed by atoms with Crippen LogP contribution < -0.4 is 0 Å². The standard InChI is InChI=1S/C14H24O3/c1-5-7-11(15)9-13-10-12(8-6-2)16-14(3,4)17-13/h5-6,11-13,15H,1-2,7-10H2,3-4H3/t11-,12-,13+/m0/s1. The minimum absolute atomic E-state index is 0.0404. The van der Waals surface area contributed by atoms with Crippen molar-refractivity contribution in [3.8, 4) is 0 Å². The van der Waals surface area contributed by atoms with Crippen molar-refractivity contribution in [1.29, 1.82) is 0 Å². The highest BCUT2D eigenvalue weighted by Crippen LogP contribution is 2.30. The van der Waals surface area contributed by atoms with Gasteiger partial charge < -0.3 is 14.6 Å². The molecule has 1 saturated heterocycles. The van der Waals surface area contributed by atoms with Crippen LogP contribution in [0, 0.1) is 0 Å². The van der Waals surface area contributed by atoms with Crippen LogP contribution in [0.4, 0.5) is 0 Å². The van der Waals surface area contributed by atoms with E-state index < -0.39 is 5.79 Å². The van der Waals surface area contributed by atoms with E-state index in [1.807, 2.05) is 19.9 Å². The van der Waals surface area contributed by atoms with E-state index in [1.54, 1.807) is 6.08 Å². The lowest BCUT2D eigenvalue weighted by Crippen LogP contribution is -2.45. The smallest absolute Gasteiger partial charge is 0.163 e. The molecule has 1 heterocycles. The lowest BCUT2D eigenvalue weighted by atomic mass is 9.99. The number of hydrogen-bond acceptors (Lipinski definition) is 3. The number of aliphatic hydroxyl groups is 1. The minimum atomic E-state index is -0.579. The minimum Gasteiger partial charge on any atom is -0.393 e. The van der Waals surface area contributed by atoms with Gasteiger partial charge in [0, 0.05) is 12.8 Å². The molecule has 1 fully saturated rings. The van der Waals surface area contributed by atoms with Crippen molar-refractivity contribution in [2.45, 2.75) is 63.6 Å². The van der Waals surface area contributed by atoms with Gasteiger partial charge in [0.2, 0.25) is 0 Å². The normalized spacial score (nSPS) is 29.6. The lowest BCUT2D eigenvalue weighted by Gasteiger charge is -2.41. The molecule has 0 bridgehead atoms. The maximum absolute atomic E-state index is 9.78. The fourth-order valence-electron chi connectivity index (χ4n) is 2.29. The third kappa shape index (κ3) is 5.02. The monoisotopic (exact) mass is 240 g/mol. The van der Waals surface area contributed by atoms with Crippen LogP contribution in [-0.2, 0) is 9.47 Å². The fraction of sp³-hybridized carbons (Fsp3) is 0.714. The van der Waals surface area contributed by atoms with E-state index in [9.17, 15) is 5.11 Å². The Labute approximate surface area is 104 Å². The van der Waals surface area contributed by atoms with Gasteiger partial charge in [0.1, 0.15) is 0 Å². The summed E-state index contributed by atoms with van der Waals surface area (Å²) in [5.41, 5.74) is 0. The summed E-state index contributed by atoms with van der Waals surface area (Å²) >= 11 is 0. The third-order valence-electron chi connectivity index (χ3n) is 2.83. The summed E-state index contributed by atoms with van der Waals surface area (Å²) in [6.07, 6.45) is 6.26. The van der Waals surface area contributed by atoms with Gasteiger partial charge in [-0.1, -0.05) is 12.2 Å². The zero-order valence-corrected chi connectivity index (χ0v) is 10.9. The zero-order chi connectivity index (χ0) is 12.9. The Balaban J connectivity index is 2.53. The molecular weight excluding hydrogens is 216 g/mol. The third-order valence-corrected chi connectivity index (χ3v) is 2.83. The van der Waals surface area contributed by atoms with E-state index in [1.165, 1.54) is 0 Å². The molecule has 0 aliphatic carbocycles. The summed E-state index contributed by atoms with van der Waals surface area (Å²) in [5, 5.41) is 9.78. The molecule has 17 heavy (non-hydrogen) atoms. The Morgan fingerprint density at radius 3 is 2.53 bits per heavy atom. The number of aliphatic hydroxyl groups excluding tert-OH is 1. The first kappa shape index (κ1) is 14.4. The molecular formula is C14H24O3. The maximum atomic E-state index is 9.78. The predicted molar refractivity (Wildman–Crippen MR) is 68.7 cm³/mol. The SMILES string of the molecule is C=CC[C@H](O)C[C@@H]1C[C@H](CC=C)OC(C)(C)O1. The van der Waals surface area contributed by atoms with E-state index in [0.717, 1.165) is 12.8 Å². The molecule has 0 aromatic carbocycles. The van der Waals surface area contributed by atoms with Crippen molar-refractivity contribution < 1.29 is 14.6 Å². The average Bonchev–Trinajstić information content (AvgIpc) is 2.15. The van der Waals surface area contributed by atoms with Crippen LogP contribution in [0.1, 0.15) is 39.5 Å². The van der Waals surface area contributed by atoms with Crippen LogP contribution in [-0.4, -0.2) is 29.2 Å². The second-order valence-corrected chi connectivity index (χ2v) is 5.05. The Kier molecular flexibility index (Phi) is 5.37. The van der Waals surface area contributed by atoms with Crippen LogP contribution in [0.2, 0.25) is 0 Å². The number of rotatable bonds is 6. The lowest BCUT2D eigenvalue weighted by molar-refractivity contribution is -0.301. The van der Waals surface area contributed by atoms with Crippen LogP contribution in [0.3, 0.4) is 0 Å². The number of ether oxygens (including phenoxy) is 2. The molecule has 1 aliphatic heterocycles. The topological polar surface area (TPSA) is 38.7 Å². The highest BCUT2D eigenvalue weighted by Gasteiger charge is 2.35. The molecule has 98 valence electrons. The molecule has 3 atom stereocenters. The van der Waals surface area contributed by atoms with E-state index >= 15 is 0 Å². The van der Waals surface area contributed by atoms with E-state index in [-0.39, 0.29) is 18.3 Å². The first-order valence-corrected chi connectivity index (χ1v) is 6.22. The summed E-state index contributed by atoms with van der Waals surface area (Å²) in [4.78, 5) is 0. The molecule has 0 spiro atoms. The second-order valence-electron chi connectivity index (χ2n) is 5.05. The molecule has 0 unspecified atom stereocenters. The largest absolute Gasteiger partial charge is 0.393 e. The predicted octanol–water partition coefficient (Wildman–Crippen LogP) is 2.80. The summed E-state index contributed by atoms with van der Waals surface area (Å²) in [6, 6.07) is 0. The molecule has 3 heteroatoms. The van der Waals surface area contributed by atoms with E-state index in [4.69, 9.17) is 9.47 Å². The van der Waals surface area contributed by atoms with Crippen molar-refractivity contribution in [3.05, 3.63) is 25.3 Å². The molecule has 3 nitrogen and oxygen atoms in total. The van der Waals surface area contributed by atoms with E-state index in [2.05, 4.69) is 13.2 Å². The van der Waals surface area contributed by atoms with Gasteiger partial charge in [-0.05, 0) is 26.7 Å². The summed E-state index contributed by atoms with van der Waals surface area (Å²) in [5.74, 6) is -0.579. The van der Waals surface area contributed by atoms with Gasteiger partial charge in [0.25, 0.3) is 0 Å². The van der Waals surface area contributed by atoms with Gasteiger partial charge in [-0.3, -0.25) is 0 Å². The number of hydrogen-bond donors (Lipinski definition) is 1. The first-order chi connectivity index (χ1) is 7.96. The molecule has 0 saturated carbocycles. The quantitative estimate of drug-likeness (QED) is 0.726. The zero-order valence-electron chi connectivity index (χ0n) is 10.9. The summed E-state index contributed by atoms with van der Waals surface area (Å²) in [7, 11) is 0. The highest BCUT2D eigenvalue weighted by atomic mass is 16.7. The van der Waals surface area contributed by atoms with Crippen molar-refractivity contribution in [3.63, 3.8) is 0 Å². The Morgan fingerprint density at radius 2 is 1.94 bits per heavy atom. The van der Waals surface area contributed by atoms with Gasteiger partial charge in [-0.15, -0.1) is 13.2 Å². The molecule has 0 aromatic rings. The van der Waals surface area contributed by atoms with Gasteiger partial charge in [-0.25, -0.2) is 0 Å². The van der Waals surface area contributed by atoms with Crippen molar-refractivity contribution in [2.24, 2.45) is 0 Å². The Bertz CT molecular complexity index is 258. The van der Waals surface area contributed by atoms with Crippen molar-refractivity contribution in [2.75, 3.05) is 0 Å². The van der Waals surface area contributed by atoms with Crippen molar-refractivity contribution >= 4 is 0 Å².